The Kier molecular flexibility index (Phi) is 4.33. The number of hydrogen-bond acceptors (Lipinski definition) is 8. The number of fused-ring (bicyclic) bond motifs is 2. The van der Waals surface area contributed by atoms with Crippen LogP contribution in [0.1, 0.15) is 41.4 Å². The molecule has 2 heterocycles. The highest BCUT2D eigenvalue weighted by molar-refractivity contribution is 6.37. The van der Waals surface area contributed by atoms with Crippen molar-refractivity contribution in [3.05, 3.63) is 103 Å². The molecule has 0 spiro atoms. The Bertz CT molecular complexity index is 1380. The van der Waals surface area contributed by atoms with E-state index < -0.39 is 44.9 Å². The average molecular weight is 458 g/mol. The SMILES string of the molecule is O=C1c2cccc([N+](=O)[O-])c2C(=O)N1c1ccc(N2C(=O)c3cccc([N+](=O)[O-])c3C2=O)cc1. The van der Waals surface area contributed by atoms with Gasteiger partial charge in [0.15, 0.2) is 0 Å². The lowest BCUT2D eigenvalue weighted by molar-refractivity contribution is -0.385. The quantitative estimate of drug-likeness (QED) is 0.327. The van der Waals surface area contributed by atoms with Crippen molar-refractivity contribution in [1.82, 2.24) is 0 Å². The number of carbonyl (C=O) groups is 4. The molecule has 12 heteroatoms. The number of nitro benzene ring substituents is 2. The van der Waals surface area contributed by atoms with Crippen molar-refractivity contribution in [2.45, 2.75) is 0 Å². The Labute approximate surface area is 188 Å². The van der Waals surface area contributed by atoms with Crippen LogP contribution in [0.25, 0.3) is 0 Å². The minimum atomic E-state index is -0.878. The van der Waals surface area contributed by atoms with Crippen LogP contribution in [0, 0.1) is 20.2 Å². The number of rotatable bonds is 4. The maximum absolute atomic E-state index is 12.8. The van der Waals surface area contributed by atoms with Gasteiger partial charge >= 0.3 is 0 Å². The fraction of sp³-hybridized carbons (Fsp3) is 0. The zero-order valence-electron chi connectivity index (χ0n) is 16.8. The molecule has 4 amide bonds. The van der Waals surface area contributed by atoms with Crippen LogP contribution in [0.3, 0.4) is 0 Å². The Morgan fingerprint density at radius 1 is 0.529 bits per heavy atom. The van der Waals surface area contributed by atoms with Crippen LogP contribution in [0.15, 0.2) is 60.7 Å². The van der Waals surface area contributed by atoms with Crippen LogP contribution >= 0.6 is 0 Å². The molecule has 0 atom stereocenters. The number of anilines is 2. The van der Waals surface area contributed by atoms with Gasteiger partial charge in [-0.05, 0) is 36.4 Å². The summed E-state index contributed by atoms with van der Waals surface area (Å²) in [5, 5.41) is 22.6. The molecule has 0 aromatic heterocycles. The number of hydrogen-bond donors (Lipinski definition) is 0. The van der Waals surface area contributed by atoms with Gasteiger partial charge in [0.1, 0.15) is 11.1 Å². The van der Waals surface area contributed by atoms with Gasteiger partial charge in [-0.15, -0.1) is 0 Å². The molecule has 12 nitrogen and oxygen atoms in total. The van der Waals surface area contributed by atoms with E-state index in [4.69, 9.17) is 0 Å². The summed E-state index contributed by atoms with van der Waals surface area (Å²) in [6.45, 7) is 0. The van der Waals surface area contributed by atoms with E-state index in [1.807, 2.05) is 0 Å². The van der Waals surface area contributed by atoms with Crippen molar-refractivity contribution in [2.24, 2.45) is 0 Å². The van der Waals surface area contributed by atoms with Gasteiger partial charge in [0.05, 0.1) is 32.3 Å². The highest BCUT2D eigenvalue weighted by Gasteiger charge is 2.43. The summed E-state index contributed by atoms with van der Waals surface area (Å²) in [6, 6.07) is 12.6. The predicted octanol–water partition coefficient (Wildman–Crippen LogP) is 3.10. The third-order valence-electron chi connectivity index (χ3n) is 5.55. The summed E-state index contributed by atoms with van der Waals surface area (Å²) >= 11 is 0. The fourth-order valence-electron chi connectivity index (χ4n) is 4.06. The highest BCUT2D eigenvalue weighted by atomic mass is 16.6. The molecule has 2 aliphatic heterocycles. The first-order valence-corrected chi connectivity index (χ1v) is 9.65. The third-order valence-corrected chi connectivity index (χ3v) is 5.55. The molecule has 0 N–H and O–H groups in total. The lowest BCUT2D eigenvalue weighted by Gasteiger charge is -2.17. The molecule has 5 rings (SSSR count). The molecule has 0 unspecified atom stereocenters. The summed E-state index contributed by atoms with van der Waals surface area (Å²) in [6.07, 6.45) is 0. The first-order chi connectivity index (χ1) is 16.2. The zero-order chi connectivity index (χ0) is 24.3. The molecular formula is C22H10N4O8. The predicted molar refractivity (Wildman–Crippen MR) is 115 cm³/mol. The van der Waals surface area contributed by atoms with Gasteiger partial charge in [-0.1, -0.05) is 12.1 Å². The first-order valence-electron chi connectivity index (χ1n) is 9.65. The second-order valence-electron chi connectivity index (χ2n) is 7.32. The molecule has 3 aromatic rings. The molecule has 0 saturated heterocycles. The minimum absolute atomic E-state index is 0.0619. The number of nitro groups is 2. The molecule has 0 saturated carbocycles. The van der Waals surface area contributed by atoms with Crippen LogP contribution < -0.4 is 9.80 Å². The molecule has 2 aliphatic rings. The number of imide groups is 2. The van der Waals surface area contributed by atoms with Crippen molar-refractivity contribution in [3.8, 4) is 0 Å². The Morgan fingerprint density at radius 3 is 1.21 bits per heavy atom. The van der Waals surface area contributed by atoms with E-state index in [0.29, 0.717) is 0 Å². The second kappa shape index (κ2) is 7.13. The Balaban J connectivity index is 1.50. The zero-order valence-corrected chi connectivity index (χ0v) is 16.8. The summed E-state index contributed by atoms with van der Waals surface area (Å²) in [5.74, 6) is -3.27. The molecule has 0 aliphatic carbocycles. The van der Waals surface area contributed by atoms with Crippen LogP contribution in [0.2, 0.25) is 0 Å². The average Bonchev–Trinajstić information content (AvgIpc) is 3.23. The summed E-state index contributed by atoms with van der Waals surface area (Å²) in [4.78, 5) is 73.8. The van der Waals surface area contributed by atoms with Crippen molar-refractivity contribution in [2.75, 3.05) is 9.80 Å². The summed E-state index contributed by atoms with van der Waals surface area (Å²) < 4.78 is 0. The Morgan fingerprint density at radius 2 is 0.882 bits per heavy atom. The van der Waals surface area contributed by atoms with E-state index in [0.717, 1.165) is 21.9 Å². The maximum atomic E-state index is 12.8. The van der Waals surface area contributed by atoms with Gasteiger partial charge in [0.2, 0.25) is 0 Å². The van der Waals surface area contributed by atoms with E-state index in [-0.39, 0.29) is 33.6 Å². The van der Waals surface area contributed by atoms with Crippen LogP contribution in [0.4, 0.5) is 22.7 Å². The molecular weight excluding hydrogens is 448 g/mol. The molecule has 34 heavy (non-hydrogen) atoms. The van der Waals surface area contributed by atoms with E-state index >= 15 is 0 Å². The number of amides is 4. The third kappa shape index (κ3) is 2.72. The van der Waals surface area contributed by atoms with Gasteiger partial charge in [0.25, 0.3) is 35.0 Å². The van der Waals surface area contributed by atoms with Crippen LogP contribution in [-0.4, -0.2) is 33.5 Å². The molecule has 0 radical (unpaired) electrons. The van der Waals surface area contributed by atoms with E-state index in [2.05, 4.69) is 0 Å². The van der Waals surface area contributed by atoms with Gasteiger partial charge < -0.3 is 0 Å². The number of nitrogens with zero attached hydrogens (tertiary/aromatic N) is 4. The summed E-state index contributed by atoms with van der Waals surface area (Å²) in [5.41, 5.74) is -1.75. The van der Waals surface area contributed by atoms with Crippen molar-refractivity contribution >= 4 is 46.4 Å². The second-order valence-corrected chi connectivity index (χ2v) is 7.32. The summed E-state index contributed by atoms with van der Waals surface area (Å²) in [7, 11) is 0. The lowest BCUT2D eigenvalue weighted by Crippen LogP contribution is -2.31. The van der Waals surface area contributed by atoms with Crippen molar-refractivity contribution in [1.29, 1.82) is 0 Å². The standard InChI is InChI=1S/C22H10N4O8/c27-19-13-3-1-5-15(25(31)32)17(13)21(29)23(19)11-7-9-12(10-8-11)24-20(28)14-4-2-6-16(26(33)34)18(14)22(24)30/h1-10H. The number of benzene rings is 3. The minimum Gasteiger partial charge on any atom is -0.268 e. The fourth-order valence-corrected chi connectivity index (χ4v) is 4.06. The smallest absolute Gasteiger partial charge is 0.268 e. The van der Waals surface area contributed by atoms with Crippen molar-refractivity contribution < 1.29 is 29.0 Å². The van der Waals surface area contributed by atoms with Gasteiger partial charge in [0, 0.05) is 12.1 Å². The van der Waals surface area contributed by atoms with Crippen molar-refractivity contribution in [3.63, 3.8) is 0 Å². The van der Waals surface area contributed by atoms with E-state index in [9.17, 15) is 39.4 Å². The monoisotopic (exact) mass is 458 g/mol. The largest absolute Gasteiger partial charge is 0.283 e. The number of carbonyl (C=O) groups excluding carboxylic acids is 4. The Hall–Kier alpha value is -5.26. The highest BCUT2D eigenvalue weighted by Crippen LogP contribution is 2.37. The van der Waals surface area contributed by atoms with Gasteiger partial charge in [-0.2, -0.15) is 0 Å². The molecule has 0 fully saturated rings. The van der Waals surface area contributed by atoms with Crippen LogP contribution in [-0.2, 0) is 0 Å². The molecule has 3 aromatic carbocycles. The molecule has 166 valence electrons. The van der Waals surface area contributed by atoms with Gasteiger partial charge in [-0.25, -0.2) is 9.80 Å². The normalized spacial score (nSPS) is 14.5. The van der Waals surface area contributed by atoms with E-state index in [1.54, 1.807) is 0 Å². The van der Waals surface area contributed by atoms with Gasteiger partial charge in [-0.3, -0.25) is 39.4 Å². The molecule has 0 bridgehead atoms. The van der Waals surface area contributed by atoms with Crippen LogP contribution in [0.5, 0.6) is 0 Å². The lowest BCUT2D eigenvalue weighted by atomic mass is 10.1. The topological polar surface area (TPSA) is 161 Å². The first kappa shape index (κ1) is 20.6. The maximum Gasteiger partial charge on any atom is 0.283 e. The van der Waals surface area contributed by atoms with E-state index in [1.165, 1.54) is 48.5 Å².